The Morgan fingerprint density at radius 3 is 2.52 bits per heavy atom. The molecule has 0 spiro atoms. The summed E-state index contributed by atoms with van der Waals surface area (Å²) >= 11 is 0. The maximum Gasteiger partial charge on any atom is 0.255 e. The Balaban J connectivity index is 1.65. The lowest BCUT2D eigenvalue weighted by Crippen LogP contribution is -2.42. The first-order chi connectivity index (χ1) is 12.1. The van der Waals surface area contributed by atoms with Gasteiger partial charge in [-0.05, 0) is 25.0 Å². The van der Waals surface area contributed by atoms with E-state index in [2.05, 4.69) is 4.90 Å². The lowest BCUT2D eigenvalue weighted by molar-refractivity contribution is -0.119. The van der Waals surface area contributed by atoms with Gasteiger partial charge in [-0.25, -0.2) is 0 Å². The van der Waals surface area contributed by atoms with Crippen LogP contribution in [-0.4, -0.2) is 75.1 Å². The number of nitrogens with zero attached hydrogens (tertiary/aromatic N) is 3. The first-order valence-corrected chi connectivity index (χ1v) is 9.00. The highest BCUT2D eigenvalue weighted by molar-refractivity contribution is 6.05. The van der Waals surface area contributed by atoms with E-state index < -0.39 is 0 Å². The molecule has 0 aromatic heterocycles. The number of anilines is 1. The number of ether oxygens (including phenoxy) is 1. The molecule has 136 valence electrons. The number of rotatable bonds is 6. The zero-order chi connectivity index (χ0) is 17.8. The normalized spacial score (nSPS) is 18.0. The summed E-state index contributed by atoms with van der Waals surface area (Å²) in [6.45, 7) is 4.84. The first kappa shape index (κ1) is 17.9. The number of hydrogen-bond donors (Lipinski definition) is 0. The van der Waals surface area contributed by atoms with Crippen molar-refractivity contribution in [1.29, 1.82) is 0 Å². The fourth-order valence-electron chi connectivity index (χ4n) is 3.09. The summed E-state index contributed by atoms with van der Waals surface area (Å²) in [6, 6.07) is 7.38. The summed E-state index contributed by atoms with van der Waals surface area (Å²) in [5.41, 5.74) is 1.28. The van der Waals surface area contributed by atoms with Crippen LogP contribution in [0.1, 0.15) is 23.2 Å². The van der Waals surface area contributed by atoms with Crippen molar-refractivity contribution in [2.24, 2.45) is 5.92 Å². The summed E-state index contributed by atoms with van der Waals surface area (Å²) in [7, 11) is 3.59. The molecule has 2 amide bonds. The zero-order valence-electron chi connectivity index (χ0n) is 15.1. The van der Waals surface area contributed by atoms with Crippen LogP contribution in [0.4, 0.5) is 5.69 Å². The van der Waals surface area contributed by atoms with Crippen LogP contribution < -0.4 is 4.90 Å². The lowest BCUT2D eigenvalue weighted by atomic mass is 10.1. The van der Waals surface area contributed by atoms with E-state index in [4.69, 9.17) is 4.74 Å². The van der Waals surface area contributed by atoms with E-state index in [-0.39, 0.29) is 17.7 Å². The van der Waals surface area contributed by atoms with Gasteiger partial charge < -0.3 is 14.5 Å². The average molecular weight is 345 g/mol. The second kappa shape index (κ2) is 7.97. The highest BCUT2D eigenvalue weighted by atomic mass is 16.5. The molecule has 1 aromatic rings. The topological polar surface area (TPSA) is 53.1 Å². The Bertz CT molecular complexity index is 624. The predicted molar refractivity (Wildman–Crippen MR) is 96.8 cm³/mol. The highest BCUT2D eigenvalue weighted by Crippen LogP contribution is 2.33. The molecule has 3 rings (SSSR count). The van der Waals surface area contributed by atoms with Crippen LogP contribution in [0.15, 0.2) is 24.3 Å². The van der Waals surface area contributed by atoms with Crippen LogP contribution >= 0.6 is 0 Å². The molecule has 1 aliphatic carbocycles. The van der Waals surface area contributed by atoms with E-state index in [0.717, 1.165) is 45.7 Å². The second-order valence-corrected chi connectivity index (χ2v) is 6.87. The van der Waals surface area contributed by atoms with Gasteiger partial charge in [-0.1, -0.05) is 12.1 Å². The van der Waals surface area contributed by atoms with Crippen molar-refractivity contribution in [3.05, 3.63) is 29.8 Å². The molecular weight excluding hydrogens is 318 g/mol. The van der Waals surface area contributed by atoms with E-state index >= 15 is 0 Å². The summed E-state index contributed by atoms with van der Waals surface area (Å²) < 4.78 is 5.35. The Morgan fingerprint density at radius 1 is 1.16 bits per heavy atom. The van der Waals surface area contributed by atoms with Crippen LogP contribution in [0.3, 0.4) is 0 Å². The van der Waals surface area contributed by atoms with Gasteiger partial charge in [0.1, 0.15) is 0 Å². The fourth-order valence-corrected chi connectivity index (χ4v) is 3.09. The van der Waals surface area contributed by atoms with Crippen LogP contribution in [0, 0.1) is 5.92 Å². The summed E-state index contributed by atoms with van der Waals surface area (Å²) in [5, 5.41) is 0. The fraction of sp³-hybridized carbons (Fsp3) is 0.579. The van der Waals surface area contributed by atoms with E-state index in [1.54, 1.807) is 22.9 Å². The third-order valence-corrected chi connectivity index (χ3v) is 4.96. The van der Waals surface area contributed by atoms with Gasteiger partial charge in [0.2, 0.25) is 5.91 Å². The molecule has 1 saturated heterocycles. The number of amides is 2. The molecule has 2 aliphatic rings. The van der Waals surface area contributed by atoms with Crippen LogP contribution in [0.2, 0.25) is 0 Å². The number of hydrogen-bond acceptors (Lipinski definition) is 4. The lowest BCUT2D eigenvalue weighted by Gasteiger charge is -2.29. The average Bonchev–Trinajstić information content (AvgIpc) is 3.50. The van der Waals surface area contributed by atoms with Gasteiger partial charge in [0, 0.05) is 46.2 Å². The second-order valence-electron chi connectivity index (χ2n) is 6.87. The standard InChI is InChI=1S/C19H27N3O3/c1-20(9-10-22-11-13-25-14-12-22)19(24)16-5-3-4-6-17(16)21(2)18(23)15-7-8-15/h3-6,15H,7-14H2,1-2H3. The Kier molecular flexibility index (Phi) is 5.71. The van der Waals surface area contributed by atoms with Gasteiger partial charge in [-0.2, -0.15) is 0 Å². The summed E-state index contributed by atoms with van der Waals surface area (Å²) in [5.74, 6) is 0.197. The van der Waals surface area contributed by atoms with Crippen molar-refractivity contribution in [3.8, 4) is 0 Å². The zero-order valence-corrected chi connectivity index (χ0v) is 15.1. The number of benzene rings is 1. The van der Waals surface area contributed by atoms with Crippen molar-refractivity contribution in [2.45, 2.75) is 12.8 Å². The Labute approximate surface area is 149 Å². The molecule has 0 N–H and O–H groups in total. The monoisotopic (exact) mass is 345 g/mol. The minimum Gasteiger partial charge on any atom is -0.379 e. The SMILES string of the molecule is CN(CCN1CCOCC1)C(=O)c1ccccc1N(C)C(=O)C1CC1. The third-order valence-electron chi connectivity index (χ3n) is 4.96. The van der Waals surface area contributed by atoms with Gasteiger partial charge in [0.25, 0.3) is 5.91 Å². The summed E-state index contributed by atoms with van der Waals surface area (Å²) in [6.07, 6.45) is 1.91. The minimum absolute atomic E-state index is 0.0423. The molecule has 6 heteroatoms. The number of carbonyl (C=O) groups is 2. The predicted octanol–water partition coefficient (Wildman–Crippen LogP) is 1.46. The molecule has 25 heavy (non-hydrogen) atoms. The highest BCUT2D eigenvalue weighted by Gasteiger charge is 2.33. The van der Waals surface area contributed by atoms with Gasteiger partial charge in [-0.15, -0.1) is 0 Å². The largest absolute Gasteiger partial charge is 0.379 e. The van der Waals surface area contributed by atoms with Gasteiger partial charge in [-0.3, -0.25) is 14.5 Å². The molecule has 0 bridgehead atoms. The molecule has 0 atom stereocenters. The van der Waals surface area contributed by atoms with Crippen molar-refractivity contribution < 1.29 is 14.3 Å². The van der Waals surface area contributed by atoms with Crippen LogP contribution in [0.5, 0.6) is 0 Å². The van der Waals surface area contributed by atoms with Crippen molar-refractivity contribution in [1.82, 2.24) is 9.80 Å². The molecule has 1 aliphatic heterocycles. The maximum absolute atomic E-state index is 12.9. The molecule has 1 aromatic carbocycles. The molecule has 1 saturated carbocycles. The van der Waals surface area contributed by atoms with Crippen molar-refractivity contribution >= 4 is 17.5 Å². The third kappa shape index (κ3) is 4.38. The van der Waals surface area contributed by atoms with Gasteiger partial charge in [0.05, 0.1) is 24.5 Å². The van der Waals surface area contributed by atoms with Crippen molar-refractivity contribution in [3.63, 3.8) is 0 Å². The minimum atomic E-state index is -0.0423. The first-order valence-electron chi connectivity index (χ1n) is 9.00. The maximum atomic E-state index is 12.9. The van der Waals surface area contributed by atoms with Crippen LogP contribution in [-0.2, 0) is 9.53 Å². The number of likely N-dealkylation sites (N-methyl/N-ethyl adjacent to an activating group) is 1. The molecular formula is C19H27N3O3. The van der Waals surface area contributed by atoms with Crippen LogP contribution in [0.25, 0.3) is 0 Å². The quantitative estimate of drug-likeness (QED) is 0.783. The number of carbonyl (C=O) groups excluding carboxylic acids is 2. The molecule has 6 nitrogen and oxygen atoms in total. The molecule has 1 heterocycles. The van der Waals surface area contributed by atoms with E-state index in [0.29, 0.717) is 17.8 Å². The Morgan fingerprint density at radius 2 is 1.84 bits per heavy atom. The van der Waals surface area contributed by atoms with E-state index in [1.807, 2.05) is 25.2 Å². The van der Waals surface area contributed by atoms with E-state index in [9.17, 15) is 9.59 Å². The van der Waals surface area contributed by atoms with Gasteiger partial charge in [0.15, 0.2) is 0 Å². The molecule has 0 radical (unpaired) electrons. The van der Waals surface area contributed by atoms with E-state index in [1.165, 1.54) is 0 Å². The van der Waals surface area contributed by atoms with Gasteiger partial charge >= 0.3 is 0 Å². The number of morpholine rings is 1. The smallest absolute Gasteiger partial charge is 0.255 e. The molecule has 2 fully saturated rings. The van der Waals surface area contributed by atoms with Crippen molar-refractivity contribution in [2.75, 3.05) is 58.4 Å². The molecule has 0 unspecified atom stereocenters. The summed E-state index contributed by atoms with van der Waals surface area (Å²) in [4.78, 5) is 30.9. The number of para-hydroxylation sites is 1. The Hall–Kier alpha value is -1.92.